The van der Waals surface area contributed by atoms with E-state index in [0.717, 1.165) is 0 Å². The van der Waals surface area contributed by atoms with Gasteiger partial charge in [0.15, 0.2) is 0 Å². The standard InChI is InChI=1S/C3H3NO2/c1-2-5-3-4(1)6-3/h1-3H. The third-order valence-electron chi connectivity index (χ3n) is 0.777. The average Bonchev–Trinajstić information content (AvgIpc) is 2.17. The van der Waals surface area contributed by atoms with Crippen molar-refractivity contribution in [1.82, 2.24) is 5.06 Å². The minimum atomic E-state index is -0.0648. The van der Waals surface area contributed by atoms with E-state index in [0.29, 0.717) is 0 Å². The predicted octanol–water partition coefficient (Wildman–Crippen LogP) is 0.0186. The van der Waals surface area contributed by atoms with Gasteiger partial charge in [-0.1, -0.05) is 0 Å². The predicted molar refractivity (Wildman–Crippen MR) is 16.9 cm³/mol. The molecule has 0 aromatic rings. The second-order valence-electron chi connectivity index (χ2n) is 1.19. The third kappa shape index (κ3) is 0.137. The molecule has 1 saturated heterocycles. The van der Waals surface area contributed by atoms with Crippen LogP contribution in [-0.4, -0.2) is 11.5 Å². The fraction of sp³-hybridized carbons (Fsp3) is 0.333. The Morgan fingerprint density at radius 3 is 2.83 bits per heavy atom. The first kappa shape index (κ1) is 2.47. The Balaban J connectivity index is 2.26. The lowest BCUT2D eigenvalue weighted by Crippen LogP contribution is -1.82. The fourth-order valence-electron chi connectivity index (χ4n) is 0.429. The summed E-state index contributed by atoms with van der Waals surface area (Å²) in [7, 11) is 0. The zero-order chi connectivity index (χ0) is 3.98. The Hall–Kier alpha value is -0.700. The van der Waals surface area contributed by atoms with Gasteiger partial charge in [0.1, 0.15) is 6.26 Å². The topological polar surface area (TPSA) is 24.8 Å². The van der Waals surface area contributed by atoms with Gasteiger partial charge in [0.2, 0.25) is 0 Å². The Labute approximate surface area is 34.7 Å². The summed E-state index contributed by atoms with van der Waals surface area (Å²) in [5, 5.41) is 1.62. The van der Waals surface area contributed by atoms with E-state index in [1.54, 1.807) is 17.5 Å². The molecule has 0 aliphatic carbocycles. The lowest BCUT2D eigenvalue weighted by atomic mass is 11.0. The van der Waals surface area contributed by atoms with Crippen LogP contribution in [-0.2, 0) is 9.57 Å². The summed E-state index contributed by atoms with van der Waals surface area (Å²) in [5.41, 5.74) is 0. The van der Waals surface area contributed by atoms with Crippen molar-refractivity contribution in [3.8, 4) is 0 Å². The molecule has 2 heterocycles. The highest BCUT2D eigenvalue weighted by molar-refractivity contribution is 4.83. The van der Waals surface area contributed by atoms with Crippen LogP contribution in [0.5, 0.6) is 0 Å². The molecule has 1 unspecified atom stereocenters. The monoisotopic (exact) mass is 85.0 g/mol. The molecule has 2 aliphatic heterocycles. The van der Waals surface area contributed by atoms with E-state index in [-0.39, 0.29) is 6.41 Å². The van der Waals surface area contributed by atoms with Gasteiger partial charge in [0, 0.05) is 0 Å². The van der Waals surface area contributed by atoms with E-state index in [4.69, 9.17) is 4.74 Å². The van der Waals surface area contributed by atoms with Gasteiger partial charge in [-0.2, -0.15) is 5.06 Å². The molecule has 0 aromatic carbocycles. The molecule has 0 spiro atoms. The lowest BCUT2D eigenvalue weighted by molar-refractivity contribution is 0.121. The van der Waals surface area contributed by atoms with Gasteiger partial charge in [-0.15, -0.1) is 0 Å². The summed E-state index contributed by atoms with van der Waals surface area (Å²) in [4.78, 5) is 4.68. The molecular weight excluding hydrogens is 82.0 g/mol. The second kappa shape index (κ2) is 0.541. The van der Waals surface area contributed by atoms with Crippen molar-refractivity contribution in [3.63, 3.8) is 0 Å². The SMILES string of the molecule is C1=CN2OC2O1. The molecule has 0 saturated carbocycles. The highest BCUT2D eigenvalue weighted by Gasteiger charge is 2.38. The zero-order valence-electron chi connectivity index (χ0n) is 3.00. The molecule has 32 valence electrons. The van der Waals surface area contributed by atoms with Gasteiger partial charge >= 0.3 is 6.41 Å². The van der Waals surface area contributed by atoms with Gasteiger partial charge in [-0.25, -0.2) is 4.84 Å². The summed E-state index contributed by atoms with van der Waals surface area (Å²) in [6.07, 6.45) is 3.28. The summed E-state index contributed by atoms with van der Waals surface area (Å²) in [6, 6.07) is 0. The Kier molecular flexibility index (Phi) is 0.223. The summed E-state index contributed by atoms with van der Waals surface area (Å²) in [6.45, 7) is 0. The minimum Gasteiger partial charge on any atom is -0.450 e. The molecule has 0 aromatic heterocycles. The Morgan fingerprint density at radius 1 is 1.67 bits per heavy atom. The van der Waals surface area contributed by atoms with Gasteiger partial charge < -0.3 is 4.74 Å². The van der Waals surface area contributed by atoms with E-state index in [1.807, 2.05) is 0 Å². The molecule has 6 heavy (non-hydrogen) atoms. The summed E-state index contributed by atoms with van der Waals surface area (Å²) >= 11 is 0. The molecule has 3 nitrogen and oxygen atoms in total. The van der Waals surface area contributed by atoms with Crippen molar-refractivity contribution in [1.29, 1.82) is 0 Å². The van der Waals surface area contributed by atoms with Crippen LogP contribution in [0.2, 0.25) is 0 Å². The van der Waals surface area contributed by atoms with Crippen LogP contribution in [0.3, 0.4) is 0 Å². The Bertz CT molecular complexity index is 101. The summed E-state index contributed by atoms with van der Waals surface area (Å²) in [5.74, 6) is 0. The smallest absolute Gasteiger partial charge is 0.327 e. The van der Waals surface area contributed by atoms with E-state index < -0.39 is 0 Å². The van der Waals surface area contributed by atoms with E-state index in [2.05, 4.69) is 4.84 Å². The first-order valence-corrected chi connectivity index (χ1v) is 1.74. The van der Waals surface area contributed by atoms with Gasteiger partial charge in [-0.05, 0) is 0 Å². The highest BCUT2D eigenvalue weighted by atomic mass is 17.0. The van der Waals surface area contributed by atoms with Crippen molar-refractivity contribution in [2.45, 2.75) is 6.41 Å². The van der Waals surface area contributed by atoms with E-state index in [9.17, 15) is 0 Å². The molecule has 0 bridgehead atoms. The first-order valence-electron chi connectivity index (χ1n) is 1.74. The van der Waals surface area contributed by atoms with Crippen molar-refractivity contribution >= 4 is 0 Å². The molecule has 0 radical (unpaired) electrons. The lowest BCUT2D eigenvalue weighted by Gasteiger charge is -1.76. The third-order valence-corrected chi connectivity index (χ3v) is 0.777. The maximum Gasteiger partial charge on any atom is 0.327 e. The van der Waals surface area contributed by atoms with Crippen LogP contribution in [0, 0.1) is 0 Å². The van der Waals surface area contributed by atoms with Crippen LogP contribution in [0.1, 0.15) is 0 Å². The second-order valence-corrected chi connectivity index (χ2v) is 1.19. The fourth-order valence-corrected chi connectivity index (χ4v) is 0.429. The van der Waals surface area contributed by atoms with Crippen molar-refractivity contribution in [3.05, 3.63) is 12.5 Å². The average molecular weight is 85.1 g/mol. The number of hydrogen-bond donors (Lipinski definition) is 0. The number of fused-ring (bicyclic) bond motifs is 1. The molecule has 2 rings (SSSR count). The van der Waals surface area contributed by atoms with Crippen LogP contribution in [0.15, 0.2) is 12.5 Å². The number of rotatable bonds is 0. The number of ether oxygens (including phenoxy) is 1. The van der Waals surface area contributed by atoms with Crippen LogP contribution < -0.4 is 0 Å². The molecule has 1 fully saturated rings. The molecule has 1 atom stereocenters. The quantitative estimate of drug-likeness (QED) is 0.387. The van der Waals surface area contributed by atoms with Crippen molar-refractivity contribution in [2.24, 2.45) is 0 Å². The number of hydrogen-bond acceptors (Lipinski definition) is 3. The van der Waals surface area contributed by atoms with E-state index in [1.165, 1.54) is 0 Å². The van der Waals surface area contributed by atoms with Gasteiger partial charge in [0.05, 0.1) is 6.20 Å². The van der Waals surface area contributed by atoms with Gasteiger partial charge in [-0.3, -0.25) is 0 Å². The van der Waals surface area contributed by atoms with Crippen LogP contribution in [0.4, 0.5) is 0 Å². The molecule has 2 aliphatic rings. The first-order chi connectivity index (χ1) is 2.97. The van der Waals surface area contributed by atoms with Crippen molar-refractivity contribution in [2.75, 3.05) is 0 Å². The number of nitrogens with zero attached hydrogens (tertiary/aromatic N) is 1. The van der Waals surface area contributed by atoms with Gasteiger partial charge in [0.25, 0.3) is 0 Å². The normalized spacial score (nSPS) is 36.0. The Morgan fingerprint density at radius 2 is 2.67 bits per heavy atom. The largest absolute Gasteiger partial charge is 0.450 e. The molecule has 0 amide bonds. The number of hydroxylamine groups is 2. The highest BCUT2D eigenvalue weighted by Crippen LogP contribution is 2.26. The van der Waals surface area contributed by atoms with Crippen LogP contribution >= 0.6 is 0 Å². The maximum atomic E-state index is 4.75. The van der Waals surface area contributed by atoms with E-state index >= 15 is 0 Å². The van der Waals surface area contributed by atoms with Crippen LogP contribution in [0.25, 0.3) is 0 Å². The molecular formula is C3H3NO2. The maximum absolute atomic E-state index is 4.75. The molecule has 0 N–H and O–H groups in total. The minimum absolute atomic E-state index is 0.0648. The zero-order valence-corrected chi connectivity index (χ0v) is 3.00. The van der Waals surface area contributed by atoms with Crippen molar-refractivity contribution < 1.29 is 9.57 Å². The summed E-state index contributed by atoms with van der Waals surface area (Å²) < 4.78 is 4.75. The molecule has 3 heteroatoms.